The molecule has 1 aromatic carbocycles. The fourth-order valence-corrected chi connectivity index (χ4v) is 2.49. The van der Waals surface area contributed by atoms with Crippen LogP contribution in [-0.4, -0.2) is 23.2 Å². The number of methoxy groups -OCH3 is 1. The van der Waals surface area contributed by atoms with Crippen molar-refractivity contribution in [3.8, 4) is 16.3 Å². The standard InChI is InChI=1S/C13H13NO3S/c1-17-11-5-3-2-4-10(11)13-14-9(8-18-13)6-7-12(15)16/h2-5,8H,6-7H2,1H3,(H,15,16). The van der Waals surface area contributed by atoms with Crippen molar-refractivity contribution >= 4 is 17.3 Å². The van der Waals surface area contributed by atoms with Gasteiger partial charge in [0.2, 0.25) is 0 Å². The average Bonchev–Trinajstić information content (AvgIpc) is 2.85. The number of hydrogen-bond donors (Lipinski definition) is 1. The number of carbonyl (C=O) groups is 1. The summed E-state index contributed by atoms with van der Waals surface area (Å²) in [6.07, 6.45) is 0.566. The van der Waals surface area contributed by atoms with Gasteiger partial charge in [0, 0.05) is 11.8 Å². The number of nitrogens with zero attached hydrogens (tertiary/aromatic N) is 1. The van der Waals surface area contributed by atoms with Gasteiger partial charge in [-0.2, -0.15) is 0 Å². The highest BCUT2D eigenvalue weighted by Crippen LogP contribution is 2.31. The summed E-state index contributed by atoms with van der Waals surface area (Å²) in [5.74, 6) is -0.0292. The first-order valence-electron chi connectivity index (χ1n) is 5.50. The van der Waals surface area contributed by atoms with Crippen LogP contribution in [0.3, 0.4) is 0 Å². The van der Waals surface area contributed by atoms with Crippen LogP contribution < -0.4 is 4.74 Å². The number of carboxylic acids is 1. The molecular formula is C13H13NO3S. The van der Waals surface area contributed by atoms with Crippen molar-refractivity contribution in [1.82, 2.24) is 4.98 Å². The predicted molar refractivity (Wildman–Crippen MR) is 70.1 cm³/mol. The zero-order chi connectivity index (χ0) is 13.0. The van der Waals surface area contributed by atoms with E-state index >= 15 is 0 Å². The number of carboxylic acid groups (broad SMARTS) is 1. The van der Waals surface area contributed by atoms with Gasteiger partial charge in [-0.05, 0) is 12.1 Å². The third-order valence-electron chi connectivity index (χ3n) is 2.48. The van der Waals surface area contributed by atoms with Gasteiger partial charge in [0.15, 0.2) is 0 Å². The van der Waals surface area contributed by atoms with Crippen molar-refractivity contribution in [3.63, 3.8) is 0 Å². The highest BCUT2D eigenvalue weighted by atomic mass is 32.1. The van der Waals surface area contributed by atoms with Crippen molar-refractivity contribution in [1.29, 1.82) is 0 Å². The first-order chi connectivity index (χ1) is 8.70. The van der Waals surface area contributed by atoms with Crippen LogP contribution in [0, 0.1) is 0 Å². The van der Waals surface area contributed by atoms with E-state index in [1.165, 1.54) is 11.3 Å². The monoisotopic (exact) mass is 263 g/mol. The third-order valence-corrected chi connectivity index (χ3v) is 3.41. The Bertz CT molecular complexity index is 551. The Morgan fingerprint density at radius 3 is 2.94 bits per heavy atom. The Hall–Kier alpha value is -1.88. The second-order valence-corrected chi connectivity index (χ2v) is 4.60. The molecule has 0 atom stereocenters. The lowest BCUT2D eigenvalue weighted by atomic mass is 10.2. The van der Waals surface area contributed by atoms with Gasteiger partial charge in [0.1, 0.15) is 10.8 Å². The summed E-state index contributed by atoms with van der Waals surface area (Å²) in [5, 5.41) is 11.4. The fourth-order valence-electron chi connectivity index (χ4n) is 1.60. The molecule has 4 nitrogen and oxygen atoms in total. The van der Waals surface area contributed by atoms with Crippen LogP contribution in [0.4, 0.5) is 0 Å². The number of aromatic nitrogens is 1. The topological polar surface area (TPSA) is 59.4 Å². The summed E-state index contributed by atoms with van der Waals surface area (Å²) in [6, 6.07) is 7.66. The highest BCUT2D eigenvalue weighted by Gasteiger charge is 2.10. The molecule has 1 N–H and O–H groups in total. The number of para-hydroxylation sites is 1. The van der Waals surface area contributed by atoms with Crippen LogP contribution in [0.2, 0.25) is 0 Å². The number of benzene rings is 1. The second kappa shape index (κ2) is 5.64. The molecule has 18 heavy (non-hydrogen) atoms. The van der Waals surface area contributed by atoms with Crippen LogP contribution in [-0.2, 0) is 11.2 Å². The molecule has 0 aliphatic carbocycles. The van der Waals surface area contributed by atoms with E-state index in [1.807, 2.05) is 29.6 Å². The van der Waals surface area contributed by atoms with Crippen molar-refractivity contribution in [2.45, 2.75) is 12.8 Å². The van der Waals surface area contributed by atoms with Gasteiger partial charge in [-0.3, -0.25) is 4.79 Å². The molecule has 0 spiro atoms. The van der Waals surface area contributed by atoms with Crippen LogP contribution in [0.5, 0.6) is 5.75 Å². The molecule has 0 radical (unpaired) electrons. The van der Waals surface area contributed by atoms with E-state index in [0.717, 1.165) is 22.0 Å². The highest BCUT2D eigenvalue weighted by molar-refractivity contribution is 7.13. The average molecular weight is 263 g/mol. The second-order valence-electron chi connectivity index (χ2n) is 3.74. The summed E-state index contributed by atoms with van der Waals surface area (Å²) in [7, 11) is 1.62. The maximum atomic E-state index is 10.5. The molecule has 1 heterocycles. The minimum atomic E-state index is -0.804. The van der Waals surface area contributed by atoms with E-state index in [0.29, 0.717) is 6.42 Å². The Morgan fingerprint density at radius 1 is 1.44 bits per heavy atom. The van der Waals surface area contributed by atoms with E-state index in [4.69, 9.17) is 9.84 Å². The van der Waals surface area contributed by atoms with Gasteiger partial charge in [-0.15, -0.1) is 11.3 Å². The van der Waals surface area contributed by atoms with E-state index < -0.39 is 5.97 Å². The first-order valence-corrected chi connectivity index (χ1v) is 6.38. The molecule has 0 unspecified atom stereocenters. The lowest BCUT2D eigenvalue weighted by Crippen LogP contribution is -1.97. The van der Waals surface area contributed by atoms with Crippen LogP contribution in [0.15, 0.2) is 29.6 Å². The molecule has 5 heteroatoms. The molecule has 0 saturated carbocycles. The molecule has 0 fully saturated rings. The lowest BCUT2D eigenvalue weighted by Gasteiger charge is -2.04. The largest absolute Gasteiger partial charge is 0.496 e. The smallest absolute Gasteiger partial charge is 0.303 e. The van der Waals surface area contributed by atoms with Crippen LogP contribution >= 0.6 is 11.3 Å². The summed E-state index contributed by atoms with van der Waals surface area (Å²) < 4.78 is 5.28. The molecule has 0 bridgehead atoms. The van der Waals surface area contributed by atoms with Crippen molar-refractivity contribution < 1.29 is 14.6 Å². The van der Waals surface area contributed by atoms with Crippen LogP contribution in [0.25, 0.3) is 10.6 Å². The predicted octanol–water partition coefficient (Wildman–Crippen LogP) is 2.84. The van der Waals surface area contributed by atoms with Gasteiger partial charge < -0.3 is 9.84 Å². The Balaban J connectivity index is 2.21. The van der Waals surface area contributed by atoms with Gasteiger partial charge in [-0.25, -0.2) is 4.98 Å². The zero-order valence-corrected chi connectivity index (χ0v) is 10.7. The number of ether oxygens (including phenoxy) is 1. The molecule has 0 saturated heterocycles. The van der Waals surface area contributed by atoms with E-state index in [2.05, 4.69) is 4.98 Å². The third kappa shape index (κ3) is 2.87. The Kier molecular flexibility index (Phi) is 3.94. The number of rotatable bonds is 5. The molecule has 2 rings (SSSR count). The summed E-state index contributed by atoms with van der Waals surface area (Å²) in [5.41, 5.74) is 1.75. The number of hydrogen-bond acceptors (Lipinski definition) is 4. The summed E-state index contributed by atoms with van der Waals surface area (Å²) in [6.45, 7) is 0. The molecule has 0 aliphatic heterocycles. The fraction of sp³-hybridized carbons (Fsp3) is 0.231. The van der Waals surface area contributed by atoms with Crippen molar-refractivity contribution in [3.05, 3.63) is 35.3 Å². The number of aliphatic carboxylic acids is 1. The number of thiazole rings is 1. The van der Waals surface area contributed by atoms with E-state index in [1.54, 1.807) is 7.11 Å². The molecular weight excluding hydrogens is 250 g/mol. The Morgan fingerprint density at radius 2 is 2.22 bits per heavy atom. The van der Waals surface area contributed by atoms with Gasteiger partial charge in [0.25, 0.3) is 0 Å². The maximum absolute atomic E-state index is 10.5. The van der Waals surface area contributed by atoms with E-state index in [-0.39, 0.29) is 6.42 Å². The molecule has 0 aliphatic rings. The van der Waals surface area contributed by atoms with Crippen molar-refractivity contribution in [2.75, 3.05) is 7.11 Å². The first kappa shape index (κ1) is 12.6. The van der Waals surface area contributed by atoms with Gasteiger partial charge in [0.05, 0.1) is 24.8 Å². The zero-order valence-electron chi connectivity index (χ0n) is 9.92. The lowest BCUT2D eigenvalue weighted by molar-refractivity contribution is -0.136. The molecule has 94 valence electrons. The van der Waals surface area contributed by atoms with Gasteiger partial charge in [-0.1, -0.05) is 12.1 Å². The normalized spacial score (nSPS) is 10.3. The molecule has 1 aromatic heterocycles. The van der Waals surface area contributed by atoms with E-state index in [9.17, 15) is 4.79 Å². The minimum absolute atomic E-state index is 0.106. The summed E-state index contributed by atoms with van der Waals surface area (Å²) in [4.78, 5) is 14.9. The Labute approximate surface area is 109 Å². The van der Waals surface area contributed by atoms with Crippen molar-refractivity contribution in [2.24, 2.45) is 0 Å². The van der Waals surface area contributed by atoms with Gasteiger partial charge >= 0.3 is 5.97 Å². The number of aryl methyl sites for hydroxylation is 1. The molecule has 2 aromatic rings. The minimum Gasteiger partial charge on any atom is -0.496 e. The maximum Gasteiger partial charge on any atom is 0.303 e. The van der Waals surface area contributed by atoms with Crippen LogP contribution in [0.1, 0.15) is 12.1 Å². The quantitative estimate of drug-likeness (QED) is 0.901. The molecule has 0 amide bonds. The summed E-state index contributed by atoms with van der Waals surface area (Å²) >= 11 is 1.50. The SMILES string of the molecule is COc1ccccc1-c1nc(CCC(=O)O)cs1.